The Hall–Kier alpha value is -1.85. The molecule has 58 heavy (non-hydrogen) atoms. The maximum atomic E-state index is 12.7. The number of unbranched alkanes of at least 4 members (excludes halogenated alkanes) is 34. The predicted molar refractivity (Wildman–Crippen MR) is 247 cm³/mol. The number of rotatable bonds is 47. The third-order valence-electron chi connectivity index (χ3n) is 11.5. The lowest BCUT2D eigenvalue weighted by atomic mass is 10.0. The normalized spacial score (nSPS) is 12.0. The zero-order valence-electron chi connectivity index (χ0n) is 39.1. The van der Waals surface area contributed by atoms with Gasteiger partial charge >= 0.3 is 17.9 Å². The molecule has 0 saturated carbocycles. The summed E-state index contributed by atoms with van der Waals surface area (Å²) in [5, 5.41) is 0. The molecule has 6 nitrogen and oxygen atoms in total. The molecule has 6 heteroatoms. The highest BCUT2D eigenvalue weighted by atomic mass is 16.6. The summed E-state index contributed by atoms with van der Waals surface area (Å²) in [6.07, 6.45) is 52.1. The molecular formula is C52H98O6. The van der Waals surface area contributed by atoms with Gasteiger partial charge in [-0.3, -0.25) is 14.4 Å². The summed E-state index contributed by atoms with van der Waals surface area (Å²) in [7, 11) is 0. The van der Waals surface area contributed by atoms with Crippen LogP contribution in [-0.4, -0.2) is 37.2 Å². The van der Waals surface area contributed by atoms with Crippen LogP contribution in [0.3, 0.4) is 0 Å². The number of ether oxygens (including phenoxy) is 3. The topological polar surface area (TPSA) is 78.9 Å². The Morgan fingerprint density at radius 2 is 0.569 bits per heavy atom. The molecule has 342 valence electrons. The average molecular weight is 819 g/mol. The summed E-state index contributed by atoms with van der Waals surface area (Å²) in [5.41, 5.74) is 0. The van der Waals surface area contributed by atoms with Crippen molar-refractivity contribution in [3.63, 3.8) is 0 Å². The van der Waals surface area contributed by atoms with E-state index in [0.717, 1.165) is 64.2 Å². The van der Waals surface area contributed by atoms with E-state index in [1.165, 1.54) is 180 Å². The lowest BCUT2D eigenvalue weighted by Gasteiger charge is -2.18. The zero-order valence-corrected chi connectivity index (χ0v) is 39.1. The van der Waals surface area contributed by atoms with Gasteiger partial charge in [0.15, 0.2) is 6.10 Å². The van der Waals surface area contributed by atoms with E-state index in [1.54, 1.807) is 0 Å². The van der Waals surface area contributed by atoms with Crippen LogP contribution < -0.4 is 0 Å². The third-order valence-corrected chi connectivity index (χ3v) is 11.5. The lowest BCUT2D eigenvalue weighted by Crippen LogP contribution is -2.30. The molecule has 0 amide bonds. The first-order valence-corrected chi connectivity index (χ1v) is 25.7. The minimum Gasteiger partial charge on any atom is -0.462 e. The molecule has 0 aromatic rings. The van der Waals surface area contributed by atoms with Gasteiger partial charge in [0.2, 0.25) is 0 Å². The molecule has 0 aliphatic carbocycles. The molecule has 0 saturated heterocycles. The molecule has 0 heterocycles. The van der Waals surface area contributed by atoms with Gasteiger partial charge < -0.3 is 14.2 Å². The van der Waals surface area contributed by atoms with Gasteiger partial charge in [0.1, 0.15) is 13.2 Å². The van der Waals surface area contributed by atoms with Crippen LogP contribution >= 0.6 is 0 Å². The highest BCUT2D eigenvalue weighted by Gasteiger charge is 2.19. The molecule has 0 spiro atoms. The number of hydrogen-bond donors (Lipinski definition) is 0. The Morgan fingerprint density at radius 3 is 0.862 bits per heavy atom. The molecule has 1 unspecified atom stereocenters. The Kier molecular flexibility index (Phi) is 46.3. The van der Waals surface area contributed by atoms with Crippen LogP contribution in [0.1, 0.15) is 284 Å². The van der Waals surface area contributed by atoms with E-state index in [9.17, 15) is 14.4 Å². The zero-order chi connectivity index (χ0) is 42.3. The molecular weight excluding hydrogens is 721 g/mol. The van der Waals surface area contributed by atoms with E-state index < -0.39 is 6.10 Å². The molecule has 1 atom stereocenters. The second-order valence-electron chi connectivity index (χ2n) is 17.4. The first-order chi connectivity index (χ1) is 28.5. The largest absolute Gasteiger partial charge is 0.462 e. The van der Waals surface area contributed by atoms with Crippen LogP contribution in [0.2, 0.25) is 0 Å². The van der Waals surface area contributed by atoms with Gasteiger partial charge in [-0.05, 0) is 44.9 Å². The average Bonchev–Trinajstić information content (AvgIpc) is 3.22. The summed E-state index contributed by atoms with van der Waals surface area (Å²) >= 11 is 0. The minimum absolute atomic E-state index is 0.0687. The van der Waals surface area contributed by atoms with Gasteiger partial charge in [-0.15, -0.1) is 0 Å². The summed E-state index contributed by atoms with van der Waals surface area (Å²) in [5.74, 6) is -0.869. The maximum Gasteiger partial charge on any atom is 0.306 e. The molecule has 0 N–H and O–H groups in total. The van der Waals surface area contributed by atoms with Gasteiger partial charge in [-0.2, -0.15) is 0 Å². The van der Waals surface area contributed by atoms with Crippen molar-refractivity contribution in [1.82, 2.24) is 0 Å². The molecule has 0 rings (SSSR count). The highest BCUT2D eigenvalue weighted by molar-refractivity contribution is 5.71. The van der Waals surface area contributed by atoms with Crippen molar-refractivity contribution in [3.05, 3.63) is 12.2 Å². The van der Waals surface area contributed by atoms with Crippen LogP contribution in [0.25, 0.3) is 0 Å². The van der Waals surface area contributed by atoms with Crippen molar-refractivity contribution < 1.29 is 28.6 Å². The standard InChI is InChI=1S/C52H98O6/c1-4-7-10-13-16-18-20-22-24-25-26-28-29-31-33-36-39-42-45-51(54)57-48-49(47-56-50(53)44-41-38-35-15-12-9-6-3)58-52(55)46-43-40-37-34-32-30-27-23-21-19-17-14-11-8-5-2/h23,27,49H,4-22,24-26,28-48H2,1-3H3/b27-23-. The Bertz CT molecular complexity index is 900. The lowest BCUT2D eigenvalue weighted by molar-refractivity contribution is -0.167. The van der Waals surface area contributed by atoms with Crippen LogP contribution in [0.5, 0.6) is 0 Å². The maximum absolute atomic E-state index is 12.7. The van der Waals surface area contributed by atoms with E-state index >= 15 is 0 Å². The molecule has 0 aromatic heterocycles. The van der Waals surface area contributed by atoms with E-state index in [-0.39, 0.29) is 31.1 Å². The van der Waals surface area contributed by atoms with Gasteiger partial charge in [-0.1, -0.05) is 232 Å². The molecule has 0 bridgehead atoms. The Balaban J connectivity index is 4.21. The summed E-state index contributed by atoms with van der Waals surface area (Å²) < 4.78 is 16.7. The summed E-state index contributed by atoms with van der Waals surface area (Å²) in [6, 6.07) is 0. The van der Waals surface area contributed by atoms with Crippen molar-refractivity contribution >= 4 is 17.9 Å². The summed E-state index contributed by atoms with van der Waals surface area (Å²) in [6.45, 7) is 6.62. The SMILES string of the molecule is CCCCCCCC/C=C\CCCCCCCC(=O)OC(COC(=O)CCCCCCCCC)COC(=O)CCCCCCCCCCCCCCCCCCCC. The van der Waals surface area contributed by atoms with E-state index in [4.69, 9.17) is 14.2 Å². The van der Waals surface area contributed by atoms with Gasteiger partial charge in [0.25, 0.3) is 0 Å². The molecule has 0 aliphatic rings. The fourth-order valence-corrected chi connectivity index (χ4v) is 7.61. The van der Waals surface area contributed by atoms with Crippen LogP contribution in [0.15, 0.2) is 12.2 Å². The van der Waals surface area contributed by atoms with Gasteiger partial charge in [-0.25, -0.2) is 0 Å². The third kappa shape index (κ3) is 45.2. The molecule has 0 radical (unpaired) electrons. The molecule has 0 aliphatic heterocycles. The quantitative estimate of drug-likeness (QED) is 0.0263. The van der Waals surface area contributed by atoms with Crippen molar-refractivity contribution in [2.24, 2.45) is 0 Å². The fraction of sp³-hybridized carbons (Fsp3) is 0.904. The number of allylic oxidation sites excluding steroid dienone is 2. The monoisotopic (exact) mass is 819 g/mol. The first kappa shape index (κ1) is 56.1. The Morgan fingerprint density at radius 1 is 0.328 bits per heavy atom. The molecule has 0 fully saturated rings. The number of esters is 3. The van der Waals surface area contributed by atoms with Crippen LogP contribution in [-0.2, 0) is 28.6 Å². The number of hydrogen-bond acceptors (Lipinski definition) is 6. The smallest absolute Gasteiger partial charge is 0.306 e. The first-order valence-electron chi connectivity index (χ1n) is 25.7. The van der Waals surface area contributed by atoms with E-state index in [0.29, 0.717) is 19.3 Å². The van der Waals surface area contributed by atoms with Gasteiger partial charge in [0, 0.05) is 19.3 Å². The van der Waals surface area contributed by atoms with Crippen LogP contribution in [0, 0.1) is 0 Å². The Labute approximate surface area is 360 Å². The summed E-state index contributed by atoms with van der Waals surface area (Å²) in [4.78, 5) is 37.8. The van der Waals surface area contributed by atoms with Gasteiger partial charge in [0.05, 0.1) is 0 Å². The number of carbonyl (C=O) groups is 3. The van der Waals surface area contributed by atoms with Crippen LogP contribution in [0.4, 0.5) is 0 Å². The van der Waals surface area contributed by atoms with Crippen molar-refractivity contribution in [1.29, 1.82) is 0 Å². The fourth-order valence-electron chi connectivity index (χ4n) is 7.61. The van der Waals surface area contributed by atoms with Crippen molar-refractivity contribution in [2.45, 2.75) is 290 Å². The molecule has 0 aromatic carbocycles. The van der Waals surface area contributed by atoms with E-state index in [1.807, 2.05) is 0 Å². The van der Waals surface area contributed by atoms with Crippen molar-refractivity contribution in [2.75, 3.05) is 13.2 Å². The predicted octanol–water partition coefficient (Wildman–Crippen LogP) is 16.6. The second-order valence-corrected chi connectivity index (χ2v) is 17.4. The second kappa shape index (κ2) is 47.8. The van der Waals surface area contributed by atoms with E-state index in [2.05, 4.69) is 32.9 Å². The highest BCUT2D eigenvalue weighted by Crippen LogP contribution is 2.16. The minimum atomic E-state index is -0.766. The van der Waals surface area contributed by atoms with Crippen molar-refractivity contribution in [3.8, 4) is 0 Å². The number of carbonyl (C=O) groups excluding carboxylic acids is 3.